The van der Waals surface area contributed by atoms with Crippen molar-refractivity contribution in [2.45, 2.75) is 25.3 Å². The maximum absolute atomic E-state index is 12.6. The molecule has 7 nitrogen and oxygen atoms in total. The first kappa shape index (κ1) is 15.7. The van der Waals surface area contributed by atoms with Crippen LogP contribution in [0.2, 0.25) is 0 Å². The molecule has 0 bridgehead atoms. The molecule has 0 N–H and O–H groups in total. The van der Waals surface area contributed by atoms with Crippen LogP contribution in [0.5, 0.6) is 0 Å². The molecule has 0 aliphatic carbocycles. The molecule has 1 amide bonds. The topological polar surface area (TPSA) is 69.4 Å². The molecule has 1 atom stereocenters. The van der Waals surface area contributed by atoms with Crippen molar-refractivity contribution in [2.24, 2.45) is 7.05 Å². The van der Waals surface area contributed by atoms with E-state index in [0.717, 1.165) is 24.9 Å². The number of aromatic nitrogens is 3. The van der Waals surface area contributed by atoms with Crippen LogP contribution in [-0.2, 0) is 16.6 Å². The fourth-order valence-electron chi connectivity index (χ4n) is 3.26. The van der Waals surface area contributed by atoms with Crippen molar-refractivity contribution in [3.63, 3.8) is 0 Å². The molecule has 1 fully saturated rings. The normalized spacial score (nSPS) is 18.5. The molecule has 0 radical (unpaired) electrons. The van der Waals surface area contributed by atoms with Crippen molar-refractivity contribution in [1.82, 2.24) is 19.0 Å². The summed E-state index contributed by atoms with van der Waals surface area (Å²) in [5, 5.41) is 0. The number of hydrogen-bond donors (Lipinski definition) is 0. The minimum absolute atomic E-state index is 0.0265. The number of rotatable bonds is 4. The summed E-state index contributed by atoms with van der Waals surface area (Å²) in [6.45, 7) is 1.72. The van der Waals surface area contributed by atoms with Gasteiger partial charge in [0.05, 0.1) is 24.6 Å². The first-order valence-electron chi connectivity index (χ1n) is 7.92. The average Bonchev–Trinajstić information content (AvgIpc) is 2.84. The van der Waals surface area contributed by atoms with E-state index in [2.05, 4.69) is 4.98 Å². The zero-order valence-corrected chi connectivity index (χ0v) is 13.6. The monoisotopic (exact) mass is 318 g/mol. The zero-order chi connectivity index (χ0) is 16.4. The Morgan fingerprint density at radius 2 is 2.30 bits per heavy atom. The maximum Gasteiger partial charge on any atom is 0.330 e. The molecule has 0 saturated carbocycles. The number of nitrogens with zero attached hydrogens (tertiary/aromatic N) is 4. The van der Waals surface area contributed by atoms with Crippen LogP contribution >= 0.6 is 0 Å². The number of ether oxygens (including phenoxy) is 1. The lowest BCUT2D eigenvalue weighted by Crippen LogP contribution is -2.43. The van der Waals surface area contributed by atoms with Gasteiger partial charge in [0, 0.05) is 33.4 Å². The zero-order valence-electron chi connectivity index (χ0n) is 13.6. The number of pyridine rings is 1. The van der Waals surface area contributed by atoms with Gasteiger partial charge in [-0.05, 0) is 25.0 Å². The molecule has 1 saturated heterocycles. The number of piperidine rings is 1. The number of fused-ring (bicyclic) bond motifs is 1. The Balaban J connectivity index is 1.89. The Bertz CT molecular complexity index is 764. The lowest BCUT2D eigenvalue weighted by atomic mass is 10.1. The van der Waals surface area contributed by atoms with E-state index in [-0.39, 0.29) is 17.6 Å². The fourth-order valence-corrected chi connectivity index (χ4v) is 3.26. The van der Waals surface area contributed by atoms with E-state index in [1.54, 1.807) is 29.5 Å². The third-order valence-corrected chi connectivity index (χ3v) is 4.48. The van der Waals surface area contributed by atoms with E-state index in [1.165, 1.54) is 0 Å². The Morgan fingerprint density at radius 3 is 3.09 bits per heavy atom. The van der Waals surface area contributed by atoms with E-state index >= 15 is 0 Å². The van der Waals surface area contributed by atoms with Crippen molar-refractivity contribution in [3.05, 3.63) is 28.8 Å². The maximum atomic E-state index is 12.6. The van der Waals surface area contributed by atoms with Crippen LogP contribution in [0, 0.1) is 0 Å². The van der Waals surface area contributed by atoms with Crippen molar-refractivity contribution in [3.8, 4) is 0 Å². The predicted molar refractivity (Wildman–Crippen MR) is 86.3 cm³/mol. The third-order valence-electron chi connectivity index (χ3n) is 4.48. The fraction of sp³-hybridized carbons (Fsp3) is 0.562. The second kappa shape index (κ2) is 6.54. The second-order valence-electron chi connectivity index (χ2n) is 5.94. The van der Waals surface area contributed by atoms with Crippen LogP contribution in [-0.4, -0.2) is 51.7 Å². The smallest absolute Gasteiger partial charge is 0.330 e. The van der Waals surface area contributed by atoms with Crippen LogP contribution in [0.15, 0.2) is 23.1 Å². The van der Waals surface area contributed by atoms with E-state index in [9.17, 15) is 9.59 Å². The second-order valence-corrected chi connectivity index (χ2v) is 5.94. The summed E-state index contributed by atoms with van der Waals surface area (Å²) in [6, 6.07) is 3.69. The van der Waals surface area contributed by atoms with Gasteiger partial charge < -0.3 is 9.64 Å². The van der Waals surface area contributed by atoms with Gasteiger partial charge in [-0.3, -0.25) is 13.9 Å². The lowest BCUT2D eigenvalue weighted by Gasteiger charge is -2.33. The van der Waals surface area contributed by atoms with Gasteiger partial charge in [0.2, 0.25) is 5.91 Å². The standard InChI is InChI=1S/C16H22N4O3/c1-18-13-6-3-8-17-15(13)20(16(18)22)12-5-4-9-19(11-12)14(21)7-10-23-2/h3,6,8,12H,4-5,7,9-11H2,1-2H3/t12-/m0/s1. The minimum Gasteiger partial charge on any atom is -0.384 e. The molecule has 2 aromatic heterocycles. The number of likely N-dealkylation sites (tertiary alicyclic amines) is 1. The van der Waals surface area contributed by atoms with Crippen molar-refractivity contribution in [2.75, 3.05) is 26.8 Å². The van der Waals surface area contributed by atoms with Crippen LogP contribution < -0.4 is 5.69 Å². The highest BCUT2D eigenvalue weighted by Crippen LogP contribution is 2.24. The van der Waals surface area contributed by atoms with Gasteiger partial charge in [-0.1, -0.05) is 0 Å². The first-order valence-corrected chi connectivity index (χ1v) is 7.92. The molecule has 124 valence electrons. The van der Waals surface area contributed by atoms with Crippen LogP contribution in [0.4, 0.5) is 0 Å². The number of methoxy groups -OCH3 is 1. The van der Waals surface area contributed by atoms with Crippen LogP contribution in [0.1, 0.15) is 25.3 Å². The quantitative estimate of drug-likeness (QED) is 0.841. The van der Waals surface area contributed by atoms with Crippen LogP contribution in [0.3, 0.4) is 0 Å². The molecular weight excluding hydrogens is 296 g/mol. The SMILES string of the molecule is COCCC(=O)N1CCC[C@H](n2c(=O)n(C)c3cccnc32)C1. The summed E-state index contributed by atoms with van der Waals surface area (Å²) in [5.41, 5.74) is 1.44. The Morgan fingerprint density at radius 1 is 1.48 bits per heavy atom. The van der Waals surface area contributed by atoms with E-state index < -0.39 is 0 Å². The highest BCUT2D eigenvalue weighted by Gasteiger charge is 2.27. The van der Waals surface area contributed by atoms with Gasteiger partial charge >= 0.3 is 5.69 Å². The third kappa shape index (κ3) is 2.88. The minimum atomic E-state index is -0.0742. The predicted octanol–water partition coefficient (Wildman–Crippen LogP) is 0.935. The number of aryl methyl sites for hydroxylation is 1. The Kier molecular flexibility index (Phi) is 4.47. The van der Waals surface area contributed by atoms with Crippen LogP contribution in [0.25, 0.3) is 11.2 Å². The number of imidazole rings is 1. The molecule has 3 heterocycles. The Hall–Kier alpha value is -2.15. The highest BCUT2D eigenvalue weighted by molar-refractivity contribution is 5.76. The average molecular weight is 318 g/mol. The molecule has 23 heavy (non-hydrogen) atoms. The summed E-state index contributed by atoms with van der Waals surface area (Å²) >= 11 is 0. The molecule has 0 aromatic carbocycles. The van der Waals surface area contributed by atoms with E-state index in [1.807, 2.05) is 17.0 Å². The summed E-state index contributed by atoms with van der Waals surface area (Å²) in [7, 11) is 3.35. The van der Waals surface area contributed by atoms with Crippen molar-refractivity contribution < 1.29 is 9.53 Å². The lowest BCUT2D eigenvalue weighted by molar-refractivity contribution is -0.133. The summed E-state index contributed by atoms with van der Waals surface area (Å²) in [5.74, 6) is 0.0813. The number of carbonyl (C=O) groups is 1. The van der Waals surface area contributed by atoms with Crippen molar-refractivity contribution in [1.29, 1.82) is 0 Å². The summed E-state index contributed by atoms with van der Waals surface area (Å²) in [4.78, 5) is 31.0. The molecule has 3 rings (SSSR count). The first-order chi connectivity index (χ1) is 11.1. The molecule has 0 spiro atoms. The number of amides is 1. The van der Waals surface area contributed by atoms with Crippen molar-refractivity contribution >= 4 is 17.1 Å². The molecule has 1 aliphatic heterocycles. The number of hydrogen-bond acceptors (Lipinski definition) is 4. The molecule has 7 heteroatoms. The van der Waals surface area contributed by atoms with Gasteiger partial charge in [-0.15, -0.1) is 0 Å². The molecule has 1 aliphatic rings. The van der Waals surface area contributed by atoms with Gasteiger partial charge in [-0.25, -0.2) is 9.78 Å². The molecule has 0 unspecified atom stereocenters. The molecular formula is C16H22N4O3. The molecule has 2 aromatic rings. The largest absolute Gasteiger partial charge is 0.384 e. The summed E-state index contributed by atoms with van der Waals surface area (Å²) < 4.78 is 8.34. The van der Waals surface area contributed by atoms with E-state index in [4.69, 9.17) is 4.74 Å². The number of carbonyl (C=O) groups excluding carboxylic acids is 1. The summed E-state index contributed by atoms with van der Waals surface area (Å²) in [6.07, 6.45) is 3.84. The van der Waals surface area contributed by atoms with Gasteiger partial charge in [0.25, 0.3) is 0 Å². The van der Waals surface area contributed by atoms with Gasteiger partial charge in [0.1, 0.15) is 0 Å². The Labute approximate surface area is 134 Å². The highest BCUT2D eigenvalue weighted by atomic mass is 16.5. The van der Waals surface area contributed by atoms with Gasteiger partial charge in [-0.2, -0.15) is 0 Å². The van der Waals surface area contributed by atoms with E-state index in [0.29, 0.717) is 25.2 Å². The van der Waals surface area contributed by atoms with Gasteiger partial charge in [0.15, 0.2) is 5.65 Å².